The van der Waals surface area contributed by atoms with Crippen molar-refractivity contribution in [2.45, 2.75) is 50.9 Å². The van der Waals surface area contributed by atoms with Crippen molar-refractivity contribution in [3.8, 4) is 0 Å². The Morgan fingerprint density at radius 3 is 2.50 bits per heavy atom. The summed E-state index contributed by atoms with van der Waals surface area (Å²) in [5, 5.41) is 12.4. The lowest BCUT2D eigenvalue weighted by atomic mass is 9.83. The Bertz CT molecular complexity index is 305. The molecule has 1 heterocycles. The van der Waals surface area contributed by atoms with Gasteiger partial charge in [0.1, 0.15) is 0 Å². The molecule has 3 nitrogen and oxygen atoms in total. The molecule has 118 valence electrons. The van der Waals surface area contributed by atoms with E-state index in [2.05, 4.69) is 10.2 Å². The van der Waals surface area contributed by atoms with E-state index in [-0.39, 0.29) is 12.0 Å². The lowest BCUT2D eigenvalue weighted by Gasteiger charge is -2.42. The van der Waals surface area contributed by atoms with Gasteiger partial charge in [0.2, 0.25) is 0 Å². The van der Waals surface area contributed by atoms with Crippen LogP contribution < -0.4 is 5.32 Å². The monoisotopic (exact) mass is 294 g/mol. The minimum absolute atomic E-state index is 0.0644. The summed E-state index contributed by atoms with van der Waals surface area (Å²) >= 11 is 0. The molecule has 1 aliphatic carbocycles. The maximum Gasteiger partial charge on any atom is 0.401 e. The highest BCUT2D eigenvalue weighted by Gasteiger charge is 2.34. The molecule has 0 aromatic rings. The molecule has 3 unspecified atom stereocenters. The third-order valence-electron chi connectivity index (χ3n) is 4.57. The zero-order chi connectivity index (χ0) is 14.8. The van der Waals surface area contributed by atoms with Gasteiger partial charge in [-0.05, 0) is 38.0 Å². The molecule has 20 heavy (non-hydrogen) atoms. The van der Waals surface area contributed by atoms with Gasteiger partial charge in [0, 0.05) is 25.7 Å². The number of nitrogens with zero attached hydrogens (tertiary/aromatic N) is 1. The van der Waals surface area contributed by atoms with Crippen molar-refractivity contribution < 1.29 is 18.3 Å². The van der Waals surface area contributed by atoms with Gasteiger partial charge in [-0.15, -0.1) is 0 Å². The quantitative estimate of drug-likeness (QED) is 0.814. The number of rotatable bonds is 5. The fraction of sp³-hybridized carbons (Fsp3) is 1.00. The molecule has 1 aliphatic heterocycles. The topological polar surface area (TPSA) is 35.5 Å². The Morgan fingerprint density at radius 1 is 1.30 bits per heavy atom. The number of aliphatic hydroxyl groups is 1. The predicted molar refractivity (Wildman–Crippen MR) is 71.4 cm³/mol. The van der Waals surface area contributed by atoms with E-state index in [1.807, 2.05) is 0 Å². The van der Waals surface area contributed by atoms with Crippen molar-refractivity contribution >= 4 is 0 Å². The summed E-state index contributed by atoms with van der Waals surface area (Å²) in [5.74, 6) is 0.764. The Hall–Kier alpha value is -0.330. The van der Waals surface area contributed by atoms with Gasteiger partial charge in [0.25, 0.3) is 0 Å². The first-order valence-electron chi connectivity index (χ1n) is 7.54. The van der Waals surface area contributed by atoms with Gasteiger partial charge in [0.15, 0.2) is 0 Å². The molecule has 0 aromatic carbocycles. The summed E-state index contributed by atoms with van der Waals surface area (Å²) < 4.78 is 36.9. The Balaban J connectivity index is 1.86. The normalized spacial score (nSPS) is 31.1. The highest BCUT2D eigenvalue weighted by molar-refractivity contribution is 4.88. The second-order valence-corrected chi connectivity index (χ2v) is 6.44. The number of likely N-dealkylation sites (tertiary alicyclic amines) is 1. The highest BCUT2D eigenvalue weighted by atomic mass is 19.4. The van der Waals surface area contributed by atoms with Crippen molar-refractivity contribution in [3.63, 3.8) is 0 Å². The summed E-state index contributed by atoms with van der Waals surface area (Å²) in [5.41, 5.74) is 0. The van der Waals surface area contributed by atoms with Crippen molar-refractivity contribution in [1.29, 1.82) is 0 Å². The maximum atomic E-state index is 12.3. The summed E-state index contributed by atoms with van der Waals surface area (Å²) in [7, 11) is 0. The van der Waals surface area contributed by atoms with Crippen LogP contribution in [0.15, 0.2) is 0 Å². The van der Waals surface area contributed by atoms with Gasteiger partial charge >= 0.3 is 6.18 Å². The summed E-state index contributed by atoms with van der Waals surface area (Å²) in [6.07, 6.45) is -0.276. The third kappa shape index (κ3) is 4.90. The molecular weight excluding hydrogens is 269 g/mol. The van der Waals surface area contributed by atoms with E-state index in [9.17, 15) is 18.3 Å². The highest BCUT2D eigenvalue weighted by Crippen LogP contribution is 2.29. The number of hydrogen-bond acceptors (Lipinski definition) is 3. The minimum Gasteiger partial charge on any atom is -0.393 e. The standard InChI is InChI=1S/C14H25F3N2O/c1-10(20)12-5-13(18-9-14(15,16)17)8-19(7-12)6-11-3-2-4-11/h10-13,18,20H,2-9H2,1H3. The van der Waals surface area contributed by atoms with E-state index >= 15 is 0 Å². The van der Waals surface area contributed by atoms with E-state index in [0.717, 1.165) is 13.1 Å². The molecule has 2 fully saturated rings. The average Bonchev–Trinajstić information content (AvgIpc) is 2.30. The lowest BCUT2D eigenvalue weighted by Crippen LogP contribution is -2.54. The second kappa shape index (κ2) is 6.62. The Labute approximate surface area is 118 Å². The number of alkyl halides is 3. The van der Waals surface area contributed by atoms with Gasteiger partial charge in [-0.3, -0.25) is 0 Å². The van der Waals surface area contributed by atoms with E-state index < -0.39 is 18.8 Å². The molecule has 0 bridgehead atoms. The van der Waals surface area contributed by atoms with E-state index in [1.54, 1.807) is 6.92 Å². The van der Waals surface area contributed by atoms with Crippen molar-refractivity contribution in [3.05, 3.63) is 0 Å². The van der Waals surface area contributed by atoms with Crippen LogP contribution in [0.4, 0.5) is 13.2 Å². The number of halogens is 3. The van der Waals surface area contributed by atoms with Crippen LogP contribution in [-0.2, 0) is 0 Å². The lowest BCUT2D eigenvalue weighted by molar-refractivity contribution is -0.127. The van der Waals surface area contributed by atoms with Gasteiger partial charge in [-0.1, -0.05) is 6.42 Å². The van der Waals surface area contributed by atoms with Gasteiger partial charge in [0.05, 0.1) is 12.6 Å². The van der Waals surface area contributed by atoms with Crippen LogP contribution in [0.3, 0.4) is 0 Å². The molecule has 6 heteroatoms. The molecule has 2 aliphatic rings. The average molecular weight is 294 g/mol. The zero-order valence-electron chi connectivity index (χ0n) is 12.0. The maximum absolute atomic E-state index is 12.3. The predicted octanol–water partition coefficient (Wildman–Crippen LogP) is 2.01. The fourth-order valence-corrected chi connectivity index (χ4v) is 3.18. The first-order valence-corrected chi connectivity index (χ1v) is 7.54. The van der Waals surface area contributed by atoms with Crippen LogP contribution in [-0.4, -0.2) is 54.5 Å². The van der Waals surface area contributed by atoms with E-state index in [1.165, 1.54) is 19.3 Å². The van der Waals surface area contributed by atoms with Crippen LogP contribution in [0, 0.1) is 11.8 Å². The van der Waals surface area contributed by atoms with Gasteiger partial charge in [-0.25, -0.2) is 0 Å². The zero-order valence-corrected chi connectivity index (χ0v) is 12.0. The van der Waals surface area contributed by atoms with Gasteiger partial charge in [-0.2, -0.15) is 13.2 Å². The SMILES string of the molecule is CC(O)C1CC(NCC(F)(F)F)CN(CC2CCC2)C1. The van der Waals surface area contributed by atoms with Crippen molar-refractivity contribution in [2.24, 2.45) is 11.8 Å². The van der Waals surface area contributed by atoms with Crippen LogP contribution in [0.2, 0.25) is 0 Å². The summed E-state index contributed by atoms with van der Waals surface area (Å²) in [6.45, 7) is 3.22. The number of piperidine rings is 1. The molecule has 0 amide bonds. The minimum atomic E-state index is -4.17. The molecule has 0 aromatic heterocycles. The molecule has 1 saturated carbocycles. The number of hydrogen-bond donors (Lipinski definition) is 2. The Morgan fingerprint density at radius 2 is 2.00 bits per heavy atom. The molecular formula is C14H25F3N2O. The van der Waals surface area contributed by atoms with Crippen LogP contribution >= 0.6 is 0 Å². The van der Waals surface area contributed by atoms with Crippen molar-refractivity contribution in [2.75, 3.05) is 26.2 Å². The largest absolute Gasteiger partial charge is 0.401 e. The summed E-state index contributed by atoms with van der Waals surface area (Å²) in [4.78, 5) is 2.23. The number of aliphatic hydroxyl groups excluding tert-OH is 1. The molecule has 1 saturated heterocycles. The number of nitrogens with one attached hydrogen (secondary N) is 1. The van der Waals surface area contributed by atoms with Crippen LogP contribution in [0.1, 0.15) is 32.6 Å². The second-order valence-electron chi connectivity index (χ2n) is 6.44. The molecule has 3 atom stereocenters. The van der Waals surface area contributed by atoms with Crippen LogP contribution in [0.25, 0.3) is 0 Å². The molecule has 0 radical (unpaired) electrons. The molecule has 2 rings (SSSR count). The Kier molecular flexibility index (Phi) is 5.31. The van der Waals surface area contributed by atoms with Gasteiger partial charge < -0.3 is 15.3 Å². The third-order valence-corrected chi connectivity index (χ3v) is 4.57. The van der Waals surface area contributed by atoms with Crippen molar-refractivity contribution in [1.82, 2.24) is 10.2 Å². The first-order chi connectivity index (χ1) is 9.33. The smallest absolute Gasteiger partial charge is 0.393 e. The fourth-order valence-electron chi connectivity index (χ4n) is 3.18. The summed E-state index contributed by atoms with van der Waals surface area (Å²) in [6, 6.07) is -0.176. The van der Waals surface area contributed by atoms with E-state index in [4.69, 9.17) is 0 Å². The molecule has 0 spiro atoms. The van der Waals surface area contributed by atoms with E-state index in [0.29, 0.717) is 18.9 Å². The van der Waals surface area contributed by atoms with Crippen LogP contribution in [0.5, 0.6) is 0 Å². The molecule has 2 N–H and O–H groups in total. The first kappa shape index (κ1) is 16.0.